The van der Waals surface area contributed by atoms with Crippen molar-refractivity contribution in [1.29, 1.82) is 0 Å². The van der Waals surface area contributed by atoms with Gasteiger partial charge in [0.25, 0.3) is 11.8 Å². The lowest BCUT2D eigenvalue weighted by Gasteiger charge is -2.44. The maximum Gasteiger partial charge on any atom is 0.255 e. The predicted octanol–water partition coefficient (Wildman–Crippen LogP) is 5.12. The largest absolute Gasteiger partial charge is 0.338 e. The molecule has 2 aromatic carbocycles. The average Bonchev–Trinajstić information content (AvgIpc) is 3.11. The molecule has 0 N–H and O–H groups in total. The lowest BCUT2D eigenvalue weighted by Crippen LogP contribution is -2.53. The number of rotatable bonds is 2. The second-order valence-corrected chi connectivity index (χ2v) is 9.83. The molecule has 0 radical (unpaired) electrons. The molecule has 0 bridgehead atoms. The normalized spacial score (nSPS) is 18.3. The quantitative estimate of drug-likeness (QED) is 0.639. The summed E-state index contributed by atoms with van der Waals surface area (Å²) in [7, 11) is 0. The van der Waals surface area contributed by atoms with Crippen LogP contribution < -0.4 is 0 Å². The van der Waals surface area contributed by atoms with Crippen molar-refractivity contribution in [2.75, 3.05) is 25.4 Å². The third-order valence-electron chi connectivity index (χ3n) is 5.71. The molecule has 0 unspecified atom stereocenters. The van der Waals surface area contributed by atoms with Crippen molar-refractivity contribution in [3.8, 4) is 0 Å². The van der Waals surface area contributed by atoms with Crippen LogP contribution in [-0.2, 0) is 0 Å². The van der Waals surface area contributed by atoms with Gasteiger partial charge in [0.1, 0.15) is 0 Å². The van der Waals surface area contributed by atoms with Crippen LogP contribution in [0.25, 0.3) is 0 Å². The van der Waals surface area contributed by atoms with Crippen LogP contribution in [0.15, 0.2) is 42.5 Å². The first-order chi connectivity index (χ1) is 13.9. The highest BCUT2D eigenvalue weighted by molar-refractivity contribution is 8.00. The maximum absolute atomic E-state index is 13.1. The van der Waals surface area contributed by atoms with Crippen molar-refractivity contribution >= 4 is 46.8 Å². The van der Waals surface area contributed by atoms with E-state index in [1.54, 1.807) is 18.2 Å². The SMILES string of the molecule is Cc1ccc(C(=O)N2CCSC23CCN(C(=O)c2ccc(Cl)cc2Cl)CC3)cc1. The molecule has 2 aliphatic rings. The molecule has 0 aromatic heterocycles. The lowest BCUT2D eigenvalue weighted by atomic mass is 10.00. The van der Waals surface area contributed by atoms with Gasteiger partial charge < -0.3 is 9.80 Å². The maximum atomic E-state index is 13.1. The molecule has 7 heteroatoms. The van der Waals surface area contributed by atoms with E-state index in [9.17, 15) is 9.59 Å². The van der Waals surface area contributed by atoms with Crippen molar-refractivity contribution in [2.45, 2.75) is 24.6 Å². The first-order valence-corrected chi connectivity index (χ1v) is 11.4. The van der Waals surface area contributed by atoms with Crippen molar-refractivity contribution in [1.82, 2.24) is 9.80 Å². The number of aryl methyl sites for hydroxylation is 1. The van der Waals surface area contributed by atoms with Gasteiger partial charge in [-0.3, -0.25) is 9.59 Å². The van der Waals surface area contributed by atoms with Crippen LogP contribution in [0.5, 0.6) is 0 Å². The number of hydrogen-bond donors (Lipinski definition) is 0. The number of nitrogens with zero attached hydrogens (tertiary/aromatic N) is 2. The molecule has 2 aromatic rings. The molecule has 2 fully saturated rings. The van der Waals surface area contributed by atoms with Crippen LogP contribution in [0, 0.1) is 6.92 Å². The zero-order valence-electron chi connectivity index (χ0n) is 16.2. The van der Waals surface area contributed by atoms with Gasteiger partial charge in [-0.1, -0.05) is 40.9 Å². The molecule has 0 atom stereocenters. The lowest BCUT2D eigenvalue weighted by molar-refractivity contribution is 0.0498. The highest BCUT2D eigenvalue weighted by Crippen LogP contribution is 2.44. The van der Waals surface area contributed by atoms with Crippen molar-refractivity contribution in [2.24, 2.45) is 0 Å². The van der Waals surface area contributed by atoms with Gasteiger partial charge in [0.2, 0.25) is 0 Å². The van der Waals surface area contributed by atoms with E-state index >= 15 is 0 Å². The van der Waals surface area contributed by atoms with E-state index in [1.165, 1.54) is 0 Å². The summed E-state index contributed by atoms with van der Waals surface area (Å²) < 4.78 is 0. The number of benzene rings is 2. The second kappa shape index (κ2) is 8.21. The molecule has 2 heterocycles. The Morgan fingerprint density at radius 3 is 2.31 bits per heavy atom. The van der Waals surface area contributed by atoms with Crippen LogP contribution in [0.4, 0.5) is 0 Å². The van der Waals surface area contributed by atoms with Gasteiger partial charge in [-0.25, -0.2) is 0 Å². The van der Waals surface area contributed by atoms with E-state index in [4.69, 9.17) is 23.2 Å². The molecule has 0 saturated carbocycles. The number of likely N-dealkylation sites (tertiary alicyclic amines) is 1. The van der Waals surface area contributed by atoms with Crippen LogP contribution in [0.1, 0.15) is 39.1 Å². The molecule has 0 aliphatic carbocycles. The molecule has 4 nitrogen and oxygen atoms in total. The Morgan fingerprint density at radius 2 is 1.66 bits per heavy atom. The van der Waals surface area contributed by atoms with Crippen LogP contribution in [0.3, 0.4) is 0 Å². The van der Waals surface area contributed by atoms with Gasteiger partial charge in [0, 0.05) is 36.0 Å². The third kappa shape index (κ3) is 4.00. The highest BCUT2D eigenvalue weighted by Gasteiger charge is 2.47. The minimum atomic E-state index is -0.234. The number of piperidine rings is 1. The highest BCUT2D eigenvalue weighted by atomic mass is 35.5. The molecule has 29 heavy (non-hydrogen) atoms. The number of amides is 2. The zero-order chi connectivity index (χ0) is 20.6. The molecular weight excluding hydrogens is 427 g/mol. The fourth-order valence-corrected chi connectivity index (χ4v) is 6.00. The van der Waals surface area contributed by atoms with E-state index in [-0.39, 0.29) is 16.7 Å². The van der Waals surface area contributed by atoms with Gasteiger partial charge in [-0.2, -0.15) is 0 Å². The Balaban J connectivity index is 1.47. The molecule has 2 amide bonds. The number of carbonyl (C=O) groups is 2. The summed E-state index contributed by atoms with van der Waals surface area (Å²) in [5.41, 5.74) is 2.34. The number of hydrogen-bond acceptors (Lipinski definition) is 3. The van der Waals surface area contributed by atoms with Crippen molar-refractivity contribution < 1.29 is 9.59 Å². The molecule has 152 valence electrons. The predicted molar refractivity (Wildman–Crippen MR) is 119 cm³/mol. The van der Waals surface area contributed by atoms with E-state index in [0.717, 1.165) is 36.3 Å². The molecule has 2 aliphatic heterocycles. The minimum Gasteiger partial charge on any atom is -0.338 e. The van der Waals surface area contributed by atoms with Gasteiger partial charge in [0.15, 0.2) is 0 Å². The van der Waals surface area contributed by atoms with E-state index in [1.807, 2.05) is 52.8 Å². The van der Waals surface area contributed by atoms with Crippen molar-refractivity contribution in [3.05, 3.63) is 69.2 Å². The topological polar surface area (TPSA) is 40.6 Å². The summed E-state index contributed by atoms with van der Waals surface area (Å²) >= 11 is 14.0. The fourth-order valence-electron chi connectivity index (χ4n) is 4.05. The van der Waals surface area contributed by atoms with E-state index in [0.29, 0.717) is 28.7 Å². The van der Waals surface area contributed by atoms with E-state index in [2.05, 4.69) is 0 Å². The number of thioether (sulfide) groups is 1. The van der Waals surface area contributed by atoms with Gasteiger partial charge >= 0.3 is 0 Å². The molecule has 4 rings (SSSR count). The smallest absolute Gasteiger partial charge is 0.255 e. The summed E-state index contributed by atoms with van der Waals surface area (Å²) in [6.45, 7) is 3.96. The minimum absolute atomic E-state index is 0.0792. The molecular formula is C22H22Cl2N2O2S. The Labute approximate surface area is 185 Å². The Hall–Kier alpha value is -1.69. The van der Waals surface area contributed by atoms with Gasteiger partial charge in [0.05, 0.1) is 15.5 Å². The summed E-state index contributed by atoms with van der Waals surface area (Å²) in [6, 6.07) is 12.7. The second-order valence-electron chi connectivity index (χ2n) is 7.53. The number of carbonyl (C=O) groups excluding carboxylic acids is 2. The van der Waals surface area contributed by atoms with Crippen LogP contribution in [-0.4, -0.2) is 51.9 Å². The standard InChI is InChI=1S/C22H22Cl2N2O2S/c1-15-2-4-16(5-3-15)20(27)26-12-13-29-22(26)8-10-25(11-9-22)21(28)18-7-6-17(23)14-19(18)24/h2-7,14H,8-13H2,1H3. The van der Waals surface area contributed by atoms with Gasteiger partial charge in [-0.05, 0) is 50.1 Å². The average molecular weight is 449 g/mol. The Kier molecular flexibility index (Phi) is 5.83. The molecule has 1 spiro atoms. The summed E-state index contributed by atoms with van der Waals surface area (Å²) in [6.07, 6.45) is 1.51. The third-order valence-corrected chi connectivity index (χ3v) is 7.82. The Morgan fingerprint density at radius 1 is 0.966 bits per heavy atom. The van der Waals surface area contributed by atoms with Gasteiger partial charge in [-0.15, -0.1) is 11.8 Å². The fraction of sp³-hybridized carbons (Fsp3) is 0.364. The number of halogens is 2. The van der Waals surface area contributed by atoms with Crippen LogP contribution >= 0.6 is 35.0 Å². The van der Waals surface area contributed by atoms with E-state index < -0.39 is 0 Å². The summed E-state index contributed by atoms with van der Waals surface area (Å²) in [5, 5.41) is 0.881. The first kappa shape index (κ1) is 20.6. The molecule has 2 saturated heterocycles. The summed E-state index contributed by atoms with van der Waals surface area (Å²) in [5.74, 6) is 0.922. The monoisotopic (exact) mass is 448 g/mol. The van der Waals surface area contributed by atoms with Crippen LogP contribution in [0.2, 0.25) is 10.0 Å². The summed E-state index contributed by atoms with van der Waals surface area (Å²) in [4.78, 5) is 29.7. The zero-order valence-corrected chi connectivity index (χ0v) is 18.5. The first-order valence-electron chi connectivity index (χ1n) is 9.67. The van der Waals surface area contributed by atoms with Crippen molar-refractivity contribution in [3.63, 3.8) is 0 Å². The Bertz CT molecular complexity index is 940.